The minimum atomic E-state index is -0.621. The standard InChI is InChI=1S/C14H20BFO4/c1-13(2)14(3,4)20-15(19-13)9-7-8-10(16)12(18-6)11(9)17-5/h7-8H,1-6H3. The van der Waals surface area contributed by atoms with E-state index in [1.54, 1.807) is 6.07 Å². The lowest BCUT2D eigenvalue weighted by atomic mass is 9.78. The summed E-state index contributed by atoms with van der Waals surface area (Å²) in [7, 11) is 2.24. The van der Waals surface area contributed by atoms with Crippen LogP contribution in [0.2, 0.25) is 0 Å². The fourth-order valence-corrected chi connectivity index (χ4v) is 2.11. The van der Waals surface area contributed by atoms with Gasteiger partial charge < -0.3 is 18.8 Å². The lowest BCUT2D eigenvalue weighted by Crippen LogP contribution is -2.41. The van der Waals surface area contributed by atoms with Crippen LogP contribution >= 0.6 is 0 Å². The molecule has 1 fully saturated rings. The molecule has 0 bridgehead atoms. The first-order valence-electron chi connectivity index (χ1n) is 6.49. The lowest BCUT2D eigenvalue weighted by molar-refractivity contribution is 0.00578. The normalized spacial score (nSPS) is 20.1. The Balaban J connectivity index is 2.45. The van der Waals surface area contributed by atoms with Crippen LogP contribution in [-0.2, 0) is 9.31 Å². The van der Waals surface area contributed by atoms with E-state index < -0.39 is 24.1 Å². The molecule has 0 saturated carbocycles. The number of ether oxygens (including phenoxy) is 2. The number of hydrogen-bond acceptors (Lipinski definition) is 4. The highest BCUT2D eigenvalue weighted by atomic mass is 19.1. The summed E-state index contributed by atoms with van der Waals surface area (Å²) in [6.07, 6.45) is 0. The van der Waals surface area contributed by atoms with Crippen LogP contribution in [0.3, 0.4) is 0 Å². The fourth-order valence-electron chi connectivity index (χ4n) is 2.11. The van der Waals surface area contributed by atoms with E-state index in [2.05, 4.69) is 0 Å². The zero-order valence-corrected chi connectivity index (χ0v) is 12.7. The molecule has 0 spiro atoms. The number of halogens is 1. The highest BCUT2D eigenvalue weighted by molar-refractivity contribution is 6.63. The van der Waals surface area contributed by atoms with Crippen molar-refractivity contribution in [1.29, 1.82) is 0 Å². The second-order valence-electron chi connectivity index (χ2n) is 5.79. The number of rotatable bonds is 3. The lowest BCUT2D eigenvalue weighted by Gasteiger charge is -2.32. The van der Waals surface area contributed by atoms with Crippen molar-refractivity contribution in [3.63, 3.8) is 0 Å². The summed E-state index contributed by atoms with van der Waals surface area (Å²) >= 11 is 0. The van der Waals surface area contributed by atoms with Crippen LogP contribution in [-0.4, -0.2) is 32.5 Å². The average molecular weight is 282 g/mol. The molecule has 1 saturated heterocycles. The van der Waals surface area contributed by atoms with Crippen LogP contribution in [0, 0.1) is 5.82 Å². The van der Waals surface area contributed by atoms with Crippen molar-refractivity contribution in [3.8, 4) is 11.5 Å². The molecule has 0 aliphatic carbocycles. The van der Waals surface area contributed by atoms with Gasteiger partial charge in [-0.1, -0.05) is 6.07 Å². The topological polar surface area (TPSA) is 36.9 Å². The van der Waals surface area contributed by atoms with Gasteiger partial charge in [-0.25, -0.2) is 4.39 Å². The molecule has 6 heteroatoms. The highest BCUT2D eigenvalue weighted by Gasteiger charge is 2.52. The molecule has 0 atom stereocenters. The van der Waals surface area contributed by atoms with Gasteiger partial charge in [0.15, 0.2) is 17.3 Å². The maximum absolute atomic E-state index is 13.7. The zero-order chi connectivity index (χ0) is 15.1. The molecule has 0 aromatic heterocycles. The van der Waals surface area contributed by atoms with Crippen molar-refractivity contribution in [2.75, 3.05) is 14.2 Å². The predicted octanol–water partition coefficient (Wildman–Crippen LogP) is 2.14. The van der Waals surface area contributed by atoms with Crippen LogP contribution in [0.15, 0.2) is 12.1 Å². The monoisotopic (exact) mass is 282 g/mol. The Bertz CT molecular complexity index is 500. The van der Waals surface area contributed by atoms with E-state index in [9.17, 15) is 4.39 Å². The van der Waals surface area contributed by atoms with Gasteiger partial charge in [0.25, 0.3) is 0 Å². The maximum atomic E-state index is 13.7. The summed E-state index contributed by atoms with van der Waals surface area (Å²) in [5.74, 6) is -0.129. The van der Waals surface area contributed by atoms with E-state index in [0.29, 0.717) is 11.2 Å². The minimum Gasteiger partial charge on any atom is -0.493 e. The number of benzene rings is 1. The summed E-state index contributed by atoms with van der Waals surface area (Å²) in [6, 6.07) is 2.92. The van der Waals surface area contributed by atoms with Crippen molar-refractivity contribution in [3.05, 3.63) is 17.9 Å². The van der Waals surface area contributed by atoms with Gasteiger partial charge in [-0.15, -0.1) is 0 Å². The van der Waals surface area contributed by atoms with Gasteiger partial charge in [0.05, 0.1) is 25.4 Å². The van der Waals surface area contributed by atoms with Crippen molar-refractivity contribution in [2.45, 2.75) is 38.9 Å². The molecule has 0 N–H and O–H groups in total. The molecule has 1 aliphatic heterocycles. The summed E-state index contributed by atoms with van der Waals surface area (Å²) in [5.41, 5.74) is -0.321. The van der Waals surface area contributed by atoms with Gasteiger partial charge in [0.2, 0.25) is 0 Å². The molecule has 20 heavy (non-hydrogen) atoms. The predicted molar refractivity (Wildman–Crippen MR) is 75.2 cm³/mol. The Labute approximate surface area is 119 Å². The smallest absolute Gasteiger partial charge is 0.493 e. The maximum Gasteiger partial charge on any atom is 0.498 e. The highest BCUT2D eigenvalue weighted by Crippen LogP contribution is 2.38. The molecular formula is C14H20BFO4. The SMILES string of the molecule is COc1c(F)ccc(B2OC(C)(C)C(C)(C)O2)c1OC. The van der Waals surface area contributed by atoms with Crippen molar-refractivity contribution in [2.24, 2.45) is 0 Å². The third-order valence-electron chi connectivity index (χ3n) is 4.01. The van der Waals surface area contributed by atoms with Gasteiger partial charge in [0, 0.05) is 5.46 Å². The van der Waals surface area contributed by atoms with E-state index >= 15 is 0 Å². The van der Waals surface area contributed by atoms with Crippen molar-refractivity contribution < 1.29 is 23.2 Å². The second kappa shape index (κ2) is 4.93. The summed E-state index contributed by atoms with van der Waals surface area (Å²) in [4.78, 5) is 0. The Kier molecular flexibility index (Phi) is 3.73. The van der Waals surface area contributed by atoms with E-state index in [0.717, 1.165) is 0 Å². The first-order chi connectivity index (χ1) is 9.23. The third-order valence-corrected chi connectivity index (χ3v) is 4.01. The van der Waals surface area contributed by atoms with Gasteiger partial charge in [-0.05, 0) is 33.8 Å². The molecule has 2 rings (SSSR count). The minimum absolute atomic E-state index is 0.0553. The molecule has 1 aromatic carbocycles. The molecule has 4 nitrogen and oxygen atoms in total. The van der Waals surface area contributed by atoms with E-state index in [4.69, 9.17) is 18.8 Å². The molecule has 1 heterocycles. The Hall–Kier alpha value is -1.27. The molecule has 0 unspecified atom stereocenters. The summed E-state index contributed by atoms with van der Waals surface area (Å²) in [5, 5.41) is 0. The largest absolute Gasteiger partial charge is 0.498 e. The van der Waals surface area contributed by atoms with Gasteiger partial charge in [-0.2, -0.15) is 0 Å². The first kappa shape index (κ1) is 15.1. The van der Waals surface area contributed by atoms with Crippen molar-refractivity contribution >= 4 is 12.6 Å². The molecule has 1 aromatic rings. The summed E-state index contributed by atoms with van der Waals surface area (Å²) < 4.78 is 36.0. The number of hydrogen-bond donors (Lipinski definition) is 0. The average Bonchev–Trinajstić information content (AvgIpc) is 2.57. The van der Waals surface area contributed by atoms with Crippen LogP contribution in [0.4, 0.5) is 4.39 Å². The van der Waals surface area contributed by atoms with Crippen LogP contribution < -0.4 is 14.9 Å². The Morgan fingerprint density at radius 3 is 1.90 bits per heavy atom. The quantitative estimate of drug-likeness (QED) is 0.796. The molecule has 110 valence electrons. The Morgan fingerprint density at radius 1 is 0.950 bits per heavy atom. The van der Waals surface area contributed by atoms with Gasteiger partial charge >= 0.3 is 7.12 Å². The van der Waals surface area contributed by atoms with E-state index in [1.807, 2.05) is 27.7 Å². The molecular weight excluding hydrogens is 262 g/mol. The molecule has 1 aliphatic rings. The third kappa shape index (κ3) is 2.27. The Morgan fingerprint density at radius 2 is 1.45 bits per heavy atom. The zero-order valence-electron chi connectivity index (χ0n) is 12.7. The van der Waals surface area contributed by atoms with Crippen LogP contribution in [0.25, 0.3) is 0 Å². The summed E-state index contributed by atoms with van der Waals surface area (Å²) in [6.45, 7) is 7.83. The van der Waals surface area contributed by atoms with E-state index in [1.165, 1.54) is 20.3 Å². The molecule has 0 amide bonds. The van der Waals surface area contributed by atoms with Crippen LogP contribution in [0.5, 0.6) is 11.5 Å². The van der Waals surface area contributed by atoms with Crippen LogP contribution in [0.1, 0.15) is 27.7 Å². The second-order valence-corrected chi connectivity index (χ2v) is 5.79. The molecule has 0 radical (unpaired) electrons. The van der Waals surface area contributed by atoms with Crippen molar-refractivity contribution in [1.82, 2.24) is 0 Å². The van der Waals surface area contributed by atoms with Gasteiger partial charge in [0.1, 0.15) is 0 Å². The number of methoxy groups -OCH3 is 2. The first-order valence-corrected chi connectivity index (χ1v) is 6.49. The van der Waals surface area contributed by atoms with Gasteiger partial charge in [-0.3, -0.25) is 0 Å². The van der Waals surface area contributed by atoms with E-state index in [-0.39, 0.29) is 5.75 Å². The fraction of sp³-hybridized carbons (Fsp3) is 0.571.